The Kier molecular flexibility index (Phi) is 0.219. The fourth-order valence-electron chi connectivity index (χ4n) is 0.0267. The molecule has 0 aliphatic carbocycles. The summed E-state index contributed by atoms with van der Waals surface area (Å²) in [4.78, 5) is 0. The van der Waals surface area contributed by atoms with Crippen LogP contribution in [0.4, 0.5) is 4.48 Å². The van der Waals surface area contributed by atoms with Crippen molar-refractivity contribution in [1.82, 2.24) is 10.7 Å². The van der Waals surface area contributed by atoms with Crippen LogP contribution < -0.4 is 5.43 Å². The average molecular weight is 62.0 g/mol. The van der Waals surface area contributed by atoms with Gasteiger partial charge in [-0.25, -0.2) is 5.43 Å². The van der Waals surface area contributed by atoms with E-state index in [-0.39, 0.29) is 0 Å². The maximum absolute atomic E-state index is 10.8. The van der Waals surface area contributed by atoms with E-state index in [2.05, 4.69) is 5.43 Å². The van der Waals surface area contributed by atoms with Gasteiger partial charge in [-0.05, 0) is 0 Å². The standard InChI is InChI=1S/CH3FN2/c2-4-1-3-4/h3H,1H2. The molecule has 1 saturated heterocycles. The van der Waals surface area contributed by atoms with Crippen LogP contribution in [0.25, 0.3) is 0 Å². The molecule has 0 aromatic carbocycles. The van der Waals surface area contributed by atoms with Gasteiger partial charge < -0.3 is 0 Å². The highest BCUT2D eigenvalue weighted by Gasteiger charge is 2.12. The van der Waals surface area contributed by atoms with E-state index in [1.807, 2.05) is 0 Å². The van der Waals surface area contributed by atoms with Crippen molar-refractivity contribution >= 4 is 0 Å². The monoisotopic (exact) mass is 62.0 g/mol. The second kappa shape index (κ2) is 0.415. The minimum absolute atomic E-state index is 0.403. The molecule has 1 aliphatic rings. The summed E-state index contributed by atoms with van der Waals surface area (Å²) in [6.07, 6.45) is 0. The first-order chi connectivity index (χ1) is 1.89. The third kappa shape index (κ3) is 0.165. The number of halogens is 1. The molecule has 0 spiro atoms. The summed E-state index contributed by atoms with van der Waals surface area (Å²) in [7, 11) is 0. The zero-order valence-electron chi connectivity index (χ0n) is 2.03. The van der Waals surface area contributed by atoms with Gasteiger partial charge in [0.2, 0.25) is 0 Å². The quantitative estimate of drug-likeness (QED) is 0.306. The number of hydrazine groups is 1. The smallest absolute Gasteiger partial charge is 0.110 e. The second-order valence-corrected chi connectivity index (χ2v) is 0.678. The Hall–Kier alpha value is -0.150. The van der Waals surface area contributed by atoms with E-state index in [0.717, 1.165) is 0 Å². The first-order valence-corrected chi connectivity index (χ1v) is 1.06. The highest BCUT2D eigenvalue weighted by molar-refractivity contribution is 4.38. The van der Waals surface area contributed by atoms with E-state index in [1.165, 1.54) is 0 Å². The molecule has 2 nitrogen and oxygen atoms in total. The molecule has 1 aliphatic heterocycles. The molecule has 4 heavy (non-hydrogen) atoms. The van der Waals surface area contributed by atoms with Gasteiger partial charge in [0.15, 0.2) is 0 Å². The minimum Gasteiger partial charge on any atom is -0.208 e. The Bertz CT molecular complexity index is 25.2. The predicted octanol–water partition coefficient (Wildman–Crippen LogP) is -0.351. The third-order valence-electron chi connectivity index (χ3n) is 0.278. The predicted molar refractivity (Wildman–Crippen MR) is 10.9 cm³/mol. The van der Waals surface area contributed by atoms with Gasteiger partial charge in [0, 0.05) is 0 Å². The second-order valence-electron chi connectivity index (χ2n) is 0.678. The van der Waals surface area contributed by atoms with Crippen LogP contribution in [0.2, 0.25) is 0 Å². The largest absolute Gasteiger partial charge is 0.208 e. The molecule has 1 atom stereocenters. The lowest BCUT2D eigenvalue weighted by Crippen LogP contribution is -1.75. The van der Waals surface area contributed by atoms with Crippen molar-refractivity contribution in [3.05, 3.63) is 0 Å². The summed E-state index contributed by atoms with van der Waals surface area (Å²) >= 11 is 0. The van der Waals surface area contributed by atoms with Crippen LogP contribution in [0.3, 0.4) is 0 Å². The van der Waals surface area contributed by atoms with Crippen LogP contribution in [-0.2, 0) is 0 Å². The Labute approximate surface area is 23.1 Å². The number of nitrogens with one attached hydrogen (secondary N) is 1. The van der Waals surface area contributed by atoms with E-state index in [0.29, 0.717) is 11.9 Å². The van der Waals surface area contributed by atoms with Crippen LogP contribution in [0, 0.1) is 0 Å². The van der Waals surface area contributed by atoms with Crippen molar-refractivity contribution in [3.63, 3.8) is 0 Å². The topological polar surface area (TPSA) is 25.0 Å². The highest BCUT2D eigenvalue weighted by Crippen LogP contribution is 1.88. The number of hydrogen-bond acceptors (Lipinski definition) is 2. The molecule has 1 heterocycles. The van der Waals surface area contributed by atoms with Crippen LogP contribution in [0.1, 0.15) is 0 Å². The summed E-state index contributed by atoms with van der Waals surface area (Å²) < 4.78 is 10.8. The number of nitrogens with zero attached hydrogens (tertiary/aromatic N) is 1. The fourth-order valence-corrected chi connectivity index (χ4v) is 0.0267. The van der Waals surface area contributed by atoms with E-state index in [4.69, 9.17) is 0 Å². The fraction of sp³-hybridized carbons (Fsp3) is 1.00. The highest BCUT2D eigenvalue weighted by atomic mass is 19.2. The Morgan fingerprint density at radius 3 is 2.25 bits per heavy atom. The summed E-state index contributed by atoms with van der Waals surface area (Å²) in [5.74, 6) is 0. The molecule has 1 fully saturated rings. The van der Waals surface area contributed by atoms with Crippen LogP contribution in [-0.4, -0.2) is 11.9 Å². The number of hydrogen-bond donors (Lipinski definition) is 1. The van der Waals surface area contributed by atoms with Gasteiger partial charge in [0.05, 0.1) is 0 Å². The lowest BCUT2D eigenvalue weighted by molar-refractivity contribution is 0.163. The van der Waals surface area contributed by atoms with Gasteiger partial charge in [-0.3, -0.25) is 0 Å². The lowest BCUT2D eigenvalue weighted by Gasteiger charge is -1.56. The van der Waals surface area contributed by atoms with Gasteiger partial charge in [0.1, 0.15) is 6.67 Å². The van der Waals surface area contributed by atoms with Crippen molar-refractivity contribution in [2.45, 2.75) is 0 Å². The summed E-state index contributed by atoms with van der Waals surface area (Å²) in [5.41, 5.74) is 2.26. The normalized spacial score (nSPS) is 39.8. The van der Waals surface area contributed by atoms with Crippen molar-refractivity contribution < 1.29 is 4.48 Å². The molecule has 1 unspecified atom stereocenters. The minimum atomic E-state index is 0.403. The summed E-state index contributed by atoms with van der Waals surface area (Å²) in [6, 6.07) is 0. The molecule has 0 aromatic heterocycles. The first kappa shape index (κ1) is 2.11. The average Bonchev–Trinajstić information content (AvgIpc) is 1.75. The summed E-state index contributed by atoms with van der Waals surface area (Å²) in [5, 5.41) is 0.500. The van der Waals surface area contributed by atoms with E-state index in [9.17, 15) is 4.48 Å². The molecule has 0 radical (unpaired) electrons. The zero-order valence-corrected chi connectivity index (χ0v) is 2.03. The van der Waals surface area contributed by atoms with Crippen LogP contribution in [0.5, 0.6) is 0 Å². The molecule has 1 rings (SSSR count). The van der Waals surface area contributed by atoms with Gasteiger partial charge >= 0.3 is 0 Å². The molecular formula is CH3FN2. The Morgan fingerprint density at radius 1 is 2.00 bits per heavy atom. The third-order valence-corrected chi connectivity index (χ3v) is 0.278. The van der Waals surface area contributed by atoms with Crippen molar-refractivity contribution in [2.24, 2.45) is 0 Å². The van der Waals surface area contributed by atoms with E-state index >= 15 is 0 Å². The van der Waals surface area contributed by atoms with Gasteiger partial charge in [-0.15, -0.1) is 4.48 Å². The molecular weight excluding hydrogens is 59.0 g/mol. The molecule has 0 aromatic rings. The molecule has 0 bridgehead atoms. The maximum atomic E-state index is 10.8. The Balaban J connectivity index is 2.17. The van der Waals surface area contributed by atoms with Crippen molar-refractivity contribution in [1.29, 1.82) is 0 Å². The summed E-state index contributed by atoms with van der Waals surface area (Å²) in [6.45, 7) is 0.403. The number of rotatable bonds is 0. The zero-order chi connectivity index (χ0) is 2.99. The molecule has 1 N–H and O–H groups in total. The molecule has 3 heteroatoms. The molecule has 24 valence electrons. The first-order valence-electron chi connectivity index (χ1n) is 1.06. The maximum Gasteiger partial charge on any atom is 0.110 e. The van der Waals surface area contributed by atoms with Gasteiger partial charge in [-0.1, -0.05) is 5.23 Å². The lowest BCUT2D eigenvalue weighted by atomic mass is 11.4. The van der Waals surface area contributed by atoms with E-state index in [1.54, 1.807) is 0 Å². The van der Waals surface area contributed by atoms with E-state index < -0.39 is 0 Å². The van der Waals surface area contributed by atoms with Crippen molar-refractivity contribution in [3.8, 4) is 0 Å². The van der Waals surface area contributed by atoms with Gasteiger partial charge in [0.25, 0.3) is 0 Å². The van der Waals surface area contributed by atoms with Gasteiger partial charge in [-0.2, -0.15) is 0 Å². The van der Waals surface area contributed by atoms with Crippen molar-refractivity contribution in [2.75, 3.05) is 6.67 Å². The Morgan fingerprint density at radius 2 is 2.25 bits per heavy atom. The molecule has 0 amide bonds. The molecule has 0 saturated carbocycles. The van der Waals surface area contributed by atoms with Crippen LogP contribution in [0.15, 0.2) is 0 Å². The SMILES string of the molecule is FN1CN1. The van der Waals surface area contributed by atoms with Crippen LogP contribution >= 0.6 is 0 Å².